The number of aryl methyl sites for hydroxylation is 1. The minimum Gasteiger partial charge on any atom is -0.467 e. The Bertz CT molecular complexity index is 928. The third kappa shape index (κ3) is 3.82. The first kappa shape index (κ1) is 18.2. The summed E-state index contributed by atoms with van der Waals surface area (Å²) in [6.07, 6.45) is 1.87. The van der Waals surface area contributed by atoms with Crippen molar-refractivity contribution in [3.05, 3.63) is 47.2 Å². The second-order valence-electron chi connectivity index (χ2n) is 6.49. The van der Waals surface area contributed by atoms with Crippen LogP contribution in [0.1, 0.15) is 33.9 Å². The summed E-state index contributed by atoms with van der Waals surface area (Å²) in [6, 6.07) is 5.39. The monoisotopic (exact) mass is 379 g/mol. The van der Waals surface area contributed by atoms with Crippen LogP contribution in [0.15, 0.2) is 28.9 Å². The van der Waals surface area contributed by atoms with Gasteiger partial charge in [0.05, 0.1) is 35.8 Å². The molecule has 1 aliphatic heterocycles. The SMILES string of the molecule is Cc1cc(C(=O)NNC(=O)C2CCS(=O)(=O)C2)c(C)n1Cc1ccco1. The van der Waals surface area contributed by atoms with Crippen LogP contribution in [0.25, 0.3) is 0 Å². The van der Waals surface area contributed by atoms with Gasteiger partial charge >= 0.3 is 0 Å². The molecule has 140 valence electrons. The number of carbonyl (C=O) groups is 2. The lowest BCUT2D eigenvalue weighted by Gasteiger charge is -2.11. The molecule has 2 aromatic heterocycles. The molecule has 2 aromatic rings. The van der Waals surface area contributed by atoms with Crippen molar-refractivity contribution in [2.75, 3.05) is 11.5 Å². The number of nitrogens with one attached hydrogen (secondary N) is 2. The number of rotatable bonds is 4. The zero-order chi connectivity index (χ0) is 18.9. The number of hydrazine groups is 1. The second-order valence-corrected chi connectivity index (χ2v) is 8.72. The fourth-order valence-corrected chi connectivity index (χ4v) is 4.86. The smallest absolute Gasteiger partial charge is 0.271 e. The molecule has 2 amide bonds. The van der Waals surface area contributed by atoms with E-state index in [4.69, 9.17) is 4.42 Å². The average Bonchev–Trinajstić information content (AvgIpc) is 3.28. The molecule has 0 bridgehead atoms. The van der Waals surface area contributed by atoms with Crippen LogP contribution in [0.2, 0.25) is 0 Å². The fraction of sp³-hybridized carbons (Fsp3) is 0.412. The highest BCUT2D eigenvalue weighted by atomic mass is 32.2. The normalized spacial score (nSPS) is 18.6. The summed E-state index contributed by atoms with van der Waals surface area (Å²) >= 11 is 0. The van der Waals surface area contributed by atoms with Crippen molar-refractivity contribution in [2.24, 2.45) is 5.92 Å². The lowest BCUT2D eigenvalue weighted by molar-refractivity contribution is -0.125. The third-order valence-electron chi connectivity index (χ3n) is 4.61. The Hall–Kier alpha value is -2.55. The van der Waals surface area contributed by atoms with Crippen LogP contribution in [0.4, 0.5) is 0 Å². The number of carbonyl (C=O) groups excluding carboxylic acids is 2. The first-order valence-corrected chi connectivity index (χ1v) is 10.1. The van der Waals surface area contributed by atoms with Gasteiger partial charge in [0, 0.05) is 11.4 Å². The van der Waals surface area contributed by atoms with Gasteiger partial charge in [-0.2, -0.15) is 0 Å². The van der Waals surface area contributed by atoms with E-state index >= 15 is 0 Å². The molecule has 0 aliphatic carbocycles. The number of amides is 2. The molecule has 1 unspecified atom stereocenters. The van der Waals surface area contributed by atoms with E-state index in [9.17, 15) is 18.0 Å². The summed E-state index contributed by atoms with van der Waals surface area (Å²) in [4.78, 5) is 24.4. The highest BCUT2D eigenvalue weighted by Crippen LogP contribution is 2.19. The molecule has 3 heterocycles. The van der Waals surface area contributed by atoms with Gasteiger partial charge in [0.1, 0.15) is 5.76 Å². The number of aromatic nitrogens is 1. The molecule has 1 atom stereocenters. The number of sulfone groups is 1. The molecule has 0 radical (unpaired) electrons. The maximum atomic E-state index is 12.4. The molecular weight excluding hydrogens is 358 g/mol. The van der Waals surface area contributed by atoms with Gasteiger partial charge in [-0.05, 0) is 38.5 Å². The Labute approximate surface area is 151 Å². The van der Waals surface area contributed by atoms with Crippen LogP contribution < -0.4 is 10.9 Å². The van der Waals surface area contributed by atoms with Gasteiger partial charge in [-0.1, -0.05) is 0 Å². The van der Waals surface area contributed by atoms with Crippen molar-refractivity contribution in [2.45, 2.75) is 26.8 Å². The Morgan fingerprint density at radius 1 is 1.31 bits per heavy atom. The van der Waals surface area contributed by atoms with Crippen LogP contribution >= 0.6 is 0 Å². The van der Waals surface area contributed by atoms with Crippen molar-refractivity contribution in [3.8, 4) is 0 Å². The van der Waals surface area contributed by atoms with Gasteiger partial charge < -0.3 is 8.98 Å². The summed E-state index contributed by atoms with van der Waals surface area (Å²) in [5.41, 5.74) is 6.77. The Morgan fingerprint density at radius 3 is 2.69 bits per heavy atom. The Balaban J connectivity index is 1.64. The molecule has 2 N–H and O–H groups in total. The standard InChI is InChI=1S/C17H21N3O5S/c1-11-8-15(12(2)20(11)9-14-4-3-6-25-14)17(22)19-18-16(21)13-5-7-26(23,24)10-13/h3-4,6,8,13H,5,7,9-10H2,1-2H3,(H,18,21)(H,19,22). The highest BCUT2D eigenvalue weighted by molar-refractivity contribution is 7.91. The van der Waals surface area contributed by atoms with Gasteiger partial charge in [0.2, 0.25) is 5.91 Å². The summed E-state index contributed by atoms with van der Waals surface area (Å²) in [5.74, 6) is -0.942. The van der Waals surface area contributed by atoms with E-state index in [1.54, 1.807) is 18.4 Å². The molecule has 1 fully saturated rings. The van der Waals surface area contributed by atoms with Crippen molar-refractivity contribution in [1.29, 1.82) is 0 Å². The Morgan fingerprint density at radius 2 is 2.08 bits per heavy atom. The van der Waals surface area contributed by atoms with E-state index in [-0.39, 0.29) is 17.9 Å². The molecular formula is C17H21N3O5S. The molecule has 8 nitrogen and oxygen atoms in total. The highest BCUT2D eigenvalue weighted by Gasteiger charge is 2.33. The van der Waals surface area contributed by atoms with Crippen molar-refractivity contribution < 1.29 is 22.4 Å². The topological polar surface area (TPSA) is 110 Å². The maximum absolute atomic E-state index is 12.4. The fourth-order valence-electron chi connectivity index (χ4n) is 3.12. The zero-order valence-electron chi connectivity index (χ0n) is 14.6. The minimum atomic E-state index is -3.15. The van der Waals surface area contributed by atoms with E-state index in [1.165, 1.54) is 0 Å². The van der Waals surface area contributed by atoms with Crippen LogP contribution in [0.5, 0.6) is 0 Å². The van der Waals surface area contributed by atoms with E-state index in [2.05, 4.69) is 10.9 Å². The molecule has 26 heavy (non-hydrogen) atoms. The number of furan rings is 1. The summed E-state index contributed by atoms with van der Waals surface area (Å²) < 4.78 is 30.2. The maximum Gasteiger partial charge on any atom is 0.271 e. The van der Waals surface area contributed by atoms with Crippen LogP contribution in [-0.2, 0) is 21.2 Å². The van der Waals surface area contributed by atoms with Gasteiger partial charge in [-0.25, -0.2) is 8.42 Å². The van der Waals surface area contributed by atoms with Gasteiger partial charge in [-0.15, -0.1) is 0 Å². The molecule has 9 heteroatoms. The first-order chi connectivity index (χ1) is 12.3. The van der Waals surface area contributed by atoms with Crippen molar-refractivity contribution >= 4 is 21.7 Å². The molecule has 1 saturated heterocycles. The van der Waals surface area contributed by atoms with E-state index in [0.717, 1.165) is 17.1 Å². The van der Waals surface area contributed by atoms with Crippen LogP contribution in [0, 0.1) is 19.8 Å². The molecule has 0 spiro atoms. The third-order valence-corrected chi connectivity index (χ3v) is 6.38. The molecule has 0 aromatic carbocycles. The summed E-state index contributed by atoms with van der Waals surface area (Å²) in [5, 5.41) is 0. The predicted octanol–water partition coefficient (Wildman–Crippen LogP) is 0.942. The van der Waals surface area contributed by atoms with Gasteiger partial charge in [0.25, 0.3) is 5.91 Å². The number of hydrogen-bond donors (Lipinski definition) is 2. The second kappa shape index (κ2) is 6.99. The van der Waals surface area contributed by atoms with Crippen molar-refractivity contribution in [1.82, 2.24) is 15.4 Å². The molecule has 3 rings (SSSR count). The van der Waals surface area contributed by atoms with Crippen LogP contribution in [0.3, 0.4) is 0 Å². The quantitative estimate of drug-likeness (QED) is 0.768. The summed E-state index contributed by atoms with van der Waals surface area (Å²) in [6.45, 7) is 4.20. The first-order valence-electron chi connectivity index (χ1n) is 8.26. The van der Waals surface area contributed by atoms with E-state index in [1.807, 2.05) is 24.5 Å². The summed E-state index contributed by atoms with van der Waals surface area (Å²) in [7, 11) is -3.15. The van der Waals surface area contributed by atoms with Crippen molar-refractivity contribution in [3.63, 3.8) is 0 Å². The predicted molar refractivity (Wildman–Crippen MR) is 94.1 cm³/mol. The lowest BCUT2D eigenvalue weighted by Crippen LogP contribution is -2.45. The van der Waals surface area contributed by atoms with Gasteiger partial charge in [-0.3, -0.25) is 20.4 Å². The van der Waals surface area contributed by atoms with E-state index < -0.39 is 27.6 Å². The Kier molecular flexibility index (Phi) is 4.90. The lowest BCUT2D eigenvalue weighted by atomic mass is 10.1. The zero-order valence-corrected chi connectivity index (χ0v) is 15.4. The van der Waals surface area contributed by atoms with Gasteiger partial charge in [0.15, 0.2) is 9.84 Å². The molecule has 0 saturated carbocycles. The van der Waals surface area contributed by atoms with E-state index in [0.29, 0.717) is 12.1 Å². The number of hydrogen-bond acceptors (Lipinski definition) is 5. The molecule has 1 aliphatic rings. The average molecular weight is 379 g/mol. The van der Waals surface area contributed by atoms with Crippen LogP contribution in [-0.4, -0.2) is 36.3 Å². The minimum absolute atomic E-state index is 0.00691. The number of nitrogens with zero attached hydrogens (tertiary/aromatic N) is 1. The largest absolute Gasteiger partial charge is 0.467 e.